The molecule has 9 heteroatoms. The van der Waals surface area contributed by atoms with Gasteiger partial charge in [-0.05, 0) is 32.9 Å². The summed E-state index contributed by atoms with van der Waals surface area (Å²) >= 11 is 0. The number of carbonyl (C=O) groups is 1. The lowest BCUT2D eigenvalue weighted by atomic mass is 9.92. The number of piperazine rings is 1. The topological polar surface area (TPSA) is 68.3 Å². The van der Waals surface area contributed by atoms with E-state index in [0.29, 0.717) is 57.2 Å². The van der Waals surface area contributed by atoms with Crippen molar-refractivity contribution < 1.29 is 23.5 Å². The summed E-state index contributed by atoms with van der Waals surface area (Å²) in [5, 5.41) is 8.87. The lowest BCUT2D eigenvalue weighted by Gasteiger charge is -2.42. The first-order chi connectivity index (χ1) is 14.1. The van der Waals surface area contributed by atoms with E-state index in [9.17, 15) is 9.18 Å². The van der Waals surface area contributed by atoms with Crippen LogP contribution in [0.3, 0.4) is 0 Å². The van der Waals surface area contributed by atoms with Crippen molar-refractivity contribution in [2.45, 2.75) is 44.9 Å². The van der Waals surface area contributed by atoms with Crippen molar-refractivity contribution >= 4 is 17.5 Å². The Bertz CT molecular complexity index is 740. The molecule has 0 saturated carbocycles. The molecule has 0 spiro atoms. The molecule has 0 aromatic heterocycles. The standard InChI is InChI=1S/C21H32F2N4O3/c1-20(2,3)30-19(28)27-8-6-21(23,7-9-27)15-25-10-12-26(13-11-25)18-5-4-16(24-29)14-17(18)22/h4-5,14,24,29H,6-13,15H2,1-3H3. The lowest BCUT2D eigenvalue weighted by molar-refractivity contribution is -0.00638. The van der Waals surface area contributed by atoms with E-state index in [1.54, 1.807) is 17.0 Å². The molecule has 1 aromatic carbocycles. The summed E-state index contributed by atoms with van der Waals surface area (Å²) in [5.41, 5.74) is 0.821. The summed E-state index contributed by atoms with van der Waals surface area (Å²) in [4.78, 5) is 17.8. The minimum Gasteiger partial charge on any atom is -0.444 e. The molecule has 2 heterocycles. The van der Waals surface area contributed by atoms with Gasteiger partial charge in [0.25, 0.3) is 0 Å². The average molecular weight is 427 g/mol. The Morgan fingerprint density at radius 3 is 2.33 bits per heavy atom. The first-order valence-electron chi connectivity index (χ1n) is 10.4. The molecule has 0 unspecified atom stereocenters. The second-order valence-electron chi connectivity index (χ2n) is 9.16. The number of amides is 1. The lowest BCUT2D eigenvalue weighted by Crippen LogP contribution is -2.54. The van der Waals surface area contributed by atoms with Gasteiger partial charge >= 0.3 is 6.09 Å². The molecule has 2 saturated heterocycles. The maximum absolute atomic E-state index is 15.4. The van der Waals surface area contributed by atoms with Crippen LogP contribution in [0.4, 0.5) is 25.0 Å². The Morgan fingerprint density at radius 1 is 1.17 bits per heavy atom. The first-order valence-corrected chi connectivity index (χ1v) is 10.4. The molecular formula is C21H32F2N4O3. The van der Waals surface area contributed by atoms with Crippen molar-refractivity contribution in [3.05, 3.63) is 24.0 Å². The van der Waals surface area contributed by atoms with E-state index < -0.39 is 17.1 Å². The van der Waals surface area contributed by atoms with Gasteiger partial charge in [-0.15, -0.1) is 0 Å². The number of hydrogen-bond donors (Lipinski definition) is 2. The number of halogens is 2. The van der Waals surface area contributed by atoms with Gasteiger partial charge in [-0.2, -0.15) is 0 Å². The smallest absolute Gasteiger partial charge is 0.410 e. The summed E-state index contributed by atoms with van der Waals surface area (Å²) in [7, 11) is 0. The Labute approximate surface area is 176 Å². The third-order valence-corrected chi connectivity index (χ3v) is 5.61. The van der Waals surface area contributed by atoms with Crippen LogP contribution in [0.5, 0.6) is 0 Å². The van der Waals surface area contributed by atoms with E-state index in [1.165, 1.54) is 6.07 Å². The molecule has 0 radical (unpaired) electrons. The van der Waals surface area contributed by atoms with Crippen molar-refractivity contribution in [1.29, 1.82) is 0 Å². The number of carbonyl (C=O) groups excluding carboxylic acids is 1. The van der Waals surface area contributed by atoms with E-state index in [1.807, 2.05) is 31.2 Å². The molecule has 1 amide bonds. The molecule has 2 fully saturated rings. The largest absolute Gasteiger partial charge is 0.444 e. The minimum atomic E-state index is -1.33. The monoisotopic (exact) mass is 426 g/mol. The zero-order chi connectivity index (χ0) is 21.9. The molecule has 0 atom stereocenters. The second-order valence-corrected chi connectivity index (χ2v) is 9.16. The second kappa shape index (κ2) is 8.93. The van der Waals surface area contributed by atoms with Gasteiger partial charge in [-0.3, -0.25) is 15.6 Å². The van der Waals surface area contributed by atoms with Crippen LogP contribution in [0.1, 0.15) is 33.6 Å². The van der Waals surface area contributed by atoms with Crippen LogP contribution < -0.4 is 10.4 Å². The molecule has 1 aromatic rings. The Morgan fingerprint density at radius 2 is 1.80 bits per heavy atom. The predicted molar refractivity (Wildman–Crippen MR) is 111 cm³/mol. The molecule has 0 bridgehead atoms. The summed E-state index contributed by atoms with van der Waals surface area (Å²) in [6.07, 6.45) is 0.190. The third-order valence-electron chi connectivity index (χ3n) is 5.61. The Balaban J connectivity index is 1.48. The maximum Gasteiger partial charge on any atom is 0.410 e. The van der Waals surface area contributed by atoms with E-state index in [4.69, 9.17) is 9.94 Å². The van der Waals surface area contributed by atoms with Gasteiger partial charge in [0.2, 0.25) is 0 Å². The number of anilines is 2. The SMILES string of the molecule is CC(C)(C)OC(=O)N1CCC(F)(CN2CCN(c3ccc(NO)cc3F)CC2)CC1. The third kappa shape index (κ3) is 5.72. The fraction of sp³-hybridized carbons (Fsp3) is 0.667. The van der Waals surface area contributed by atoms with Crippen LogP contribution >= 0.6 is 0 Å². The zero-order valence-electron chi connectivity index (χ0n) is 18.0. The quantitative estimate of drug-likeness (QED) is 0.719. The molecule has 2 aliphatic heterocycles. The number of alkyl halides is 1. The van der Waals surface area contributed by atoms with Crippen LogP contribution in [0.15, 0.2) is 18.2 Å². The van der Waals surface area contributed by atoms with E-state index >= 15 is 4.39 Å². The number of ether oxygens (including phenoxy) is 1. The molecule has 3 rings (SSSR count). The van der Waals surface area contributed by atoms with Gasteiger partial charge in [0, 0.05) is 64.7 Å². The average Bonchev–Trinajstić information content (AvgIpc) is 2.67. The van der Waals surface area contributed by atoms with Gasteiger partial charge in [-0.25, -0.2) is 13.6 Å². The highest BCUT2D eigenvalue weighted by Gasteiger charge is 2.39. The molecule has 2 aliphatic rings. The molecule has 0 aliphatic carbocycles. The number of nitrogens with zero attached hydrogens (tertiary/aromatic N) is 3. The Hall–Kier alpha value is -2.13. The number of benzene rings is 1. The summed E-state index contributed by atoms with van der Waals surface area (Å²) in [5.74, 6) is -0.404. The van der Waals surface area contributed by atoms with Crippen LogP contribution in [0.2, 0.25) is 0 Å². The number of rotatable bonds is 4. The minimum absolute atomic E-state index is 0.288. The van der Waals surface area contributed by atoms with E-state index in [2.05, 4.69) is 4.90 Å². The highest BCUT2D eigenvalue weighted by Crippen LogP contribution is 2.30. The van der Waals surface area contributed by atoms with Crippen LogP contribution in [0.25, 0.3) is 0 Å². The maximum atomic E-state index is 15.4. The summed E-state index contributed by atoms with van der Waals surface area (Å²) in [6.45, 7) is 8.95. The zero-order valence-corrected chi connectivity index (χ0v) is 18.0. The van der Waals surface area contributed by atoms with Crippen LogP contribution in [-0.4, -0.2) is 78.2 Å². The fourth-order valence-electron chi connectivity index (χ4n) is 3.96. The number of nitrogens with one attached hydrogen (secondary N) is 1. The molecule has 30 heavy (non-hydrogen) atoms. The molecule has 168 valence electrons. The van der Waals surface area contributed by atoms with E-state index in [-0.39, 0.29) is 18.9 Å². The normalized spacial score (nSPS) is 20.2. The summed E-state index contributed by atoms with van der Waals surface area (Å²) in [6, 6.07) is 4.49. The predicted octanol–water partition coefficient (Wildman–Crippen LogP) is 3.49. The summed E-state index contributed by atoms with van der Waals surface area (Å²) < 4.78 is 35.0. The highest BCUT2D eigenvalue weighted by molar-refractivity contribution is 5.68. The van der Waals surface area contributed by atoms with Crippen LogP contribution in [0, 0.1) is 5.82 Å². The van der Waals surface area contributed by atoms with Crippen molar-refractivity contribution in [3.8, 4) is 0 Å². The van der Waals surface area contributed by atoms with Crippen molar-refractivity contribution in [2.24, 2.45) is 0 Å². The number of hydrogen-bond acceptors (Lipinski definition) is 6. The van der Waals surface area contributed by atoms with E-state index in [0.717, 1.165) is 0 Å². The van der Waals surface area contributed by atoms with Crippen molar-refractivity contribution in [3.63, 3.8) is 0 Å². The Kier molecular flexibility index (Phi) is 6.71. The number of likely N-dealkylation sites (tertiary alicyclic amines) is 1. The van der Waals surface area contributed by atoms with Crippen molar-refractivity contribution in [1.82, 2.24) is 9.80 Å². The van der Waals surface area contributed by atoms with Gasteiger partial charge < -0.3 is 14.5 Å². The fourth-order valence-corrected chi connectivity index (χ4v) is 3.96. The molecular weight excluding hydrogens is 394 g/mol. The molecule has 7 nitrogen and oxygen atoms in total. The van der Waals surface area contributed by atoms with Crippen molar-refractivity contribution in [2.75, 3.05) is 56.2 Å². The van der Waals surface area contributed by atoms with Gasteiger partial charge in [0.15, 0.2) is 0 Å². The van der Waals surface area contributed by atoms with Gasteiger partial charge in [0.05, 0.1) is 11.4 Å². The highest BCUT2D eigenvalue weighted by atomic mass is 19.1. The van der Waals surface area contributed by atoms with Gasteiger partial charge in [-0.1, -0.05) is 0 Å². The number of piperidine rings is 1. The first kappa shape index (κ1) is 22.6. The van der Waals surface area contributed by atoms with Crippen LogP contribution in [-0.2, 0) is 4.74 Å². The van der Waals surface area contributed by atoms with Gasteiger partial charge in [0.1, 0.15) is 17.1 Å². The molecule has 2 N–H and O–H groups in total.